The average Bonchev–Trinajstić information content (AvgIpc) is 2.96. The van der Waals surface area contributed by atoms with Gasteiger partial charge in [0, 0.05) is 6.04 Å². The first-order valence-electron chi connectivity index (χ1n) is 8.74. The molecule has 0 unspecified atom stereocenters. The van der Waals surface area contributed by atoms with E-state index in [-0.39, 0.29) is 13.2 Å². The molecule has 0 radical (unpaired) electrons. The van der Waals surface area contributed by atoms with Gasteiger partial charge in [0.1, 0.15) is 17.3 Å². The van der Waals surface area contributed by atoms with Gasteiger partial charge in [-0.2, -0.15) is 0 Å². The number of hydrogen-bond donors (Lipinski definition) is 1. The van der Waals surface area contributed by atoms with Crippen molar-refractivity contribution in [3.05, 3.63) is 35.6 Å². The zero-order valence-corrected chi connectivity index (χ0v) is 15.8. The van der Waals surface area contributed by atoms with Crippen molar-refractivity contribution in [2.75, 3.05) is 20.3 Å². The summed E-state index contributed by atoms with van der Waals surface area (Å²) in [6.07, 6.45) is 0. The van der Waals surface area contributed by atoms with E-state index in [9.17, 15) is 18.8 Å². The maximum absolute atomic E-state index is 13.3. The van der Waals surface area contributed by atoms with E-state index >= 15 is 0 Å². The highest BCUT2D eigenvalue weighted by molar-refractivity contribution is 5.93. The van der Waals surface area contributed by atoms with Gasteiger partial charge >= 0.3 is 17.9 Å². The Morgan fingerprint density at radius 2 is 1.63 bits per heavy atom. The second-order valence-electron chi connectivity index (χ2n) is 6.38. The van der Waals surface area contributed by atoms with Crippen molar-refractivity contribution in [2.24, 2.45) is 11.8 Å². The molecule has 0 spiro atoms. The van der Waals surface area contributed by atoms with Crippen molar-refractivity contribution >= 4 is 17.9 Å². The van der Waals surface area contributed by atoms with Crippen LogP contribution in [0.2, 0.25) is 0 Å². The fourth-order valence-electron chi connectivity index (χ4n) is 3.54. The first-order chi connectivity index (χ1) is 12.8. The third-order valence-corrected chi connectivity index (χ3v) is 4.73. The normalized spacial score (nSPS) is 27.1. The topological polar surface area (TPSA) is 90.9 Å². The van der Waals surface area contributed by atoms with Crippen molar-refractivity contribution < 1.29 is 33.0 Å². The Bertz CT molecular complexity index is 707. The standard InChI is InChI=1S/C19H24FNO6/c1-5-26-16(22)13-14(17(23)27-6-2)19(3,18(24)25-4)21-15(13)11-7-9-12(20)10-8-11/h7-10,13-15,21H,5-6H2,1-4H3/t13-,14-,15-,19-/m0/s1. The summed E-state index contributed by atoms with van der Waals surface area (Å²) >= 11 is 0. The van der Waals surface area contributed by atoms with Gasteiger partial charge in [-0.25, -0.2) is 4.39 Å². The quantitative estimate of drug-likeness (QED) is 0.593. The van der Waals surface area contributed by atoms with E-state index in [1.807, 2.05) is 0 Å². The number of rotatable bonds is 6. The number of benzene rings is 1. The summed E-state index contributed by atoms with van der Waals surface area (Å²) < 4.78 is 28.5. The molecule has 7 nitrogen and oxygen atoms in total. The molecule has 0 bridgehead atoms. The Kier molecular flexibility index (Phi) is 6.54. The molecule has 1 fully saturated rings. The van der Waals surface area contributed by atoms with E-state index in [2.05, 4.69) is 5.32 Å². The van der Waals surface area contributed by atoms with E-state index in [1.54, 1.807) is 13.8 Å². The molecule has 1 N–H and O–H groups in total. The summed E-state index contributed by atoms with van der Waals surface area (Å²) in [6, 6.07) is 4.71. The first kappa shape index (κ1) is 20.8. The van der Waals surface area contributed by atoms with Gasteiger partial charge in [0.05, 0.1) is 26.2 Å². The molecule has 2 rings (SSSR count). The SMILES string of the molecule is CCOC(=O)[C@H]1[C@@H](C(=O)OCC)[C@@](C)(C(=O)OC)N[C@H]1c1ccc(F)cc1. The first-order valence-corrected chi connectivity index (χ1v) is 8.74. The van der Waals surface area contributed by atoms with Gasteiger partial charge in [-0.05, 0) is 38.5 Å². The minimum absolute atomic E-state index is 0.0867. The summed E-state index contributed by atoms with van der Waals surface area (Å²) in [6.45, 7) is 4.95. The lowest BCUT2D eigenvalue weighted by Crippen LogP contribution is -2.53. The van der Waals surface area contributed by atoms with Crippen LogP contribution in [0.5, 0.6) is 0 Å². The number of ether oxygens (including phenoxy) is 3. The van der Waals surface area contributed by atoms with Crippen LogP contribution in [-0.4, -0.2) is 43.8 Å². The van der Waals surface area contributed by atoms with E-state index in [1.165, 1.54) is 38.3 Å². The maximum atomic E-state index is 13.3. The number of halogens is 1. The van der Waals surface area contributed by atoms with Crippen molar-refractivity contribution in [1.82, 2.24) is 5.32 Å². The van der Waals surface area contributed by atoms with E-state index < -0.39 is 47.1 Å². The predicted molar refractivity (Wildman–Crippen MR) is 92.9 cm³/mol. The number of esters is 3. The lowest BCUT2D eigenvalue weighted by molar-refractivity contribution is -0.165. The molecule has 8 heteroatoms. The molecular formula is C19H24FNO6. The summed E-state index contributed by atoms with van der Waals surface area (Å²) in [5, 5.41) is 3.03. The Morgan fingerprint density at radius 3 is 2.15 bits per heavy atom. The lowest BCUT2D eigenvalue weighted by Gasteiger charge is -2.28. The van der Waals surface area contributed by atoms with Gasteiger partial charge in [-0.1, -0.05) is 12.1 Å². The molecule has 1 saturated heterocycles. The van der Waals surface area contributed by atoms with Crippen molar-refractivity contribution in [3.63, 3.8) is 0 Å². The second-order valence-corrected chi connectivity index (χ2v) is 6.38. The second kappa shape index (κ2) is 8.47. The Labute approximate surface area is 157 Å². The molecule has 1 aromatic carbocycles. The van der Waals surface area contributed by atoms with Crippen molar-refractivity contribution in [3.8, 4) is 0 Å². The Balaban J connectivity index is 2.57. The van der Waals surface area contributed by atoms with Gasteiger partial charge < -0.3 is 14.2 Å². The third kappa shape index (κ3) is 3.95. The van der Waals surface area contributed by atoms with Gasteiger partial charge in [0.15, 0.2) is 0 Å². The molecule has 148 valence electrons. The Morgan fingerprint density at radius 1 is 1.07 bits per heavy atom. The van der Waals surface area contributed by atoms with Crippen LogP contribution >= 0.6 is 0 Å². The smallest absolute Gasteiger partial charge is 0.326 e. The summed E-state index contributed by atoms with van der Waals surface area (Å²) in [5.41, 5.74) is -0.978. The summed E-state index contributed by atoms with van der Waals surface area (Å²) in [4.78, 5) is 37.9. The van der Waals surface area contributed by atoms with E-state index in [0.717, 1.165) is 0 Å². The maximum Gasteiger partial charge on any atom is 0.326 e. The molecular weight excluding hydrogens is 357 g/mol. The van der Waals surface area contributed by atoms with Gasteiger partial charge in [0.2, 0.25) is 0 Å². The van der Waals surface area contributed by atoms with Crippen LogP contribution in [0.3, 0.4) is 0 Å². The lowest BCUT2D eigenvalue weighted by atomic mass is 9.78. The van der Waals surface area contributed by atoms with Crippen LogP contribution in [0.4, 0.5) is 4.39 Å². The summed E-state index contributed by atoms with van der Waals surface area (Å²) in [5.74, 6) is -4.72. The van der Waals surface area contributed by atoms with Crippen LogP contribution in [-0.2, 0) is 28.6 Å². The molecule has 4 atom stereocenters. The predicted octanol–water partition coefficient (Wildman–Crippen LogP) is 1.76. The highest BCUT2D eigenvalue weighted by Crippen LogP contribution is 2.45. The average molecular weight is 381 g/mol. The van der Waals surface area contributed by atoms with Gasteiger partial charge in [-0.3, -0.25) is 19.7 Å². The van der Waals surface area contributed by atoms with Crippen molar-refractivity contribution in [2.45, 2.75) is 32.4 Å². The van der Waals surface area contributed by atoms with Crippen molar-refractivity contribution in [1.29, 1.82) is 0 Å². The summed E-state index contributed by atoms with van der Waals surface area (Å²) in [7, 11) is 1.20. The highest BCUT2D eigenvalue weighted by atomic mass is 19.1. The molecule has 1 aliphatic rings. The molecule has 0 saturated carbocycles. The van der Waals surface area contributed by atoms with Crippen LogP contribution in [0.15, 0.2) is 24.3 Å². The zero-order valence-electron chi connectivity index (χ0n) is 15.8. The molecule has 0 aliphatic carbocycles. The highest BCUT2D eigenvalue weighted by Gasteiger charge is 2.62. The number of methoxy groups -OCH3 is 1. The molecule has 27 heavy (non-hydrogen) atoms. The number of hydrogen-bond acceptors (Lipinski definition) is 7. The minimum atomic E-state index is -1.52. The molecule has 1 aromatic rings. The molecule has 1 aliphatic heterocycles. The fraction of sp³-hybridized carbons (Fsp3) is 0.526. The Hall–Kier alpha value is -2.48. The van der Waals surface area contributed by atoms with Crippen LogP contribution < -0.4 is 5.32 Å². The third-order valence-electron chi connectivity index (χ3n) is 4.73. The van der Waals surface area contributed by atoms with Crippen LogP contribution in [0.1, 0.15) is 32.4 Å². The zero-order chi connectivity index (χ0) is 20.2. The number of carbonyl (C=O) groups is 3. The molecule has 0 aromatic heterocycles. The molecule has 0 amide bonds. The molecule has 1 heterocycles. The van der Waals surface area contributed by atoms with Crippen LogP contribution in [0, 0.1) is 17.7 Å². The number of carbonyl (C=O) groups excluding carboxylic acids is 3. The monoisotopic (exact) mass is 381 g/mol. The van der Waals surface area contributed by atoms with Gasteiger partial charge in [0.25, 0.3) is 0 Å². The van der Waals surface area contributed by atoms with E-state index in [4.69, 9.17) is 14.2 Å². The van der Waals surface area contributed by atoms with E-state index in [0.29, 0.717) is 5.56 Å². The fourth-order valence-corrected chi connectivity index (χ4v) is 3.54. The van der Waals surface area contributed by atoms with Crippen LogP contribution in [0.25, 0.3) is 0 Å². The number of nitrogens with one attached hydrogen (secondary N) is 1. The minimum Gasteiger partial charge on any atom is -0.468 e. The largest absolute Gasteiger partial charge is 0.468 e. The van der Waals surface area contributed by atoms with Gasteiger partial charge in [-0.15, -0.1) is 0 Å².